The Labute approximate surface area is 119 Å². The summed E-state index contributed by atoms with van der Waals surface area (Å²) in [5.74, 6) is 0.702. The van der Waals surface area contributed by atoms with Gasteiger partial charge in [0.15, 0.2) is 0 Å². The van der Waals surface area contributed by atoms with Crippen LogP contribution in [0.1, 0.15) is 32.1 Å². The van der Waals surface area contributed by atoms with Gasteiger partial charge in [-0.05, 0) is 57.5 Å². The molecule has 0 unspecified atom stereocenters. The van der Waals surface area contributed by atoms with Crippen molar-refractivity contribution in [2.24, 2.45) is 0 Å². The minimum atomic E-state index is -0.400. The maximum absolute atomic E-state index is 10.5. The zero-order valence-electron chi connectivity index (χ0n) is 11.8. The molecule has 5 heteroatoms. The van der Waals surface area contributed by atoms with Gasteiger partial charge in [0.2, 0.25) is 0 Å². The number of nitro groups is 1. The number of nitro benzene ring substituents is 1. The molecule has 0 atom stereocenters. The second kappa shape index (κ2) is 7.85. The van der Waals surface area contributed by atoms with Crippen LogP contribution in [0.25, 0.3) is 0 Å². The molecular weight excluding hydrogens is 256 g/mol. The molecule has 0 aromatic heterocycles. The highest BCUT2D eigenvalue weighted by molar-refractivity contribution is 5.35. The summed E-state index contributed by atoms with van der Waals surface area (Å²) in [6.45, 7) is 4.31. The van der Waals surface area contributed by atoms with Crippen molar-refractivity contribution >= 4 is 5.69 Å². The zero-order valence-corrected chi connectivity index (χ0v) is 11.8. The van der Waals surface area contributed by atoms with Crippen LogP contribution < -0.4 is 4.74 Å². The lowest BCUT2D eigenvalue weighted by molar-refractivity contribution is -0.384. The molecule has 0 aliphatic carbocycles. The standard InChI is InChI=1S/C15H22N2O3/c18-17(19)14-6-8-15(9-7-14)20-13-5-4-12-16-10-2-1-3-11-16/h6-9H,1-5,10-13H2. The normalized spacial score (nSPS) is 16.0. The molecule has 0 bridgehead atoms. The lowest BCUT2D eigenvalue weighted by atomic mass is 10.1. The van der Waals surface area contributed by atoms with E-state index in [0.29, 0.717) is 12.4 Å². The Morgan fingerprint density at radius 2 is 1.80 bits per heavy atom. The number of likely N-dealkylation sites (tertiary alicyclic amines) is 1. The van der Waals surface area contributed by atoms with Crippen molar-refractivity contribution in [1.82, 2.24) is 4.90 Å². The Balaban J connectivity index is 1.59. The Morgan fingerprint density at radius 3 is 2.45 bits per heavy atom. The minimum absolute atomic E-state index is 0.0995. The first-order valence-electron chi connectivity index (χ1n) is 7.35. The topological polar surface area (TPSA) is 55.6 Å². The van der Waals surface area contributed by atoms with Gasteiger partial charge in [0.1, 0.15) is 5.75 Å². The molecule has 0 N–H and O–H groups in total. The summed E-state index contributed by atoms with van der Waals surface area (Å²) in [7, 11) is 0. The van der Waals surface area contributed by atoms with Gasteiger partial charge in [0.05, 0.1) is 11.5 Å². The number of nitrogens with zero attached hydrogens (tertiary/aromatic N) is 2. The molecule has 0 radical (unpaired) electrons. The van der Waals surface area contributed by atoms with E-state index in [9.17, 15) is 10.1 Å². The van der Waals surface area contributed by atoms with Gasteiger partial charge < -0.3 is 9.64 Å². The number of unbranched alkanes of at least 4 members (excludes halogenated alkanes) is 1. The average Bonchev–Trinajstić information content (AvgIpc) is 2.48. The number of rotatable bonds is 7. The van der Waals surface area contributed by atoms with Gasteiger partial charge in [-0.25, -0.2) is 0 Å². The van der Waals surface area contributed by atoms with E-state index >= 15 is 0 Å². The van der Waals surface area contributed by atoms with Crippen LogP contribution in [0, 0.1) is 10.1 Å². The fourth-order valence-corrected chi connectivity index (χ4v) is 2.47. The average molecular weight is 278 g/mol. The molecular formula is C15H22N2O3. The van der Waals surface area contributed by atoms with E-state index in [0.717, 1.165) is 19.4 Å². The maximum atomic E-state index is 10.5. The van der Waals surface area contributed by atoms with Crippen LogP contribution in [0.2, 0.25) is 0 Å². The van der Waals surface area contributed by atoms with E-state index < -0.39 is 4.92 Å². The molecule has 1 heterocycles. The van der Waals surface area contributed by atoms with Crippen LogP contribution in [-0.4, -0.2) is 36.1 Å². The second-order valence-electron chi connectivity index (χ2n) is 5.21. The SMILES string of the molecule is O=[N+]([O-])c1ccc(OCCCCN2CCCCC2)cc1. The third kappa shape index (κ3) is 4.81. The number of non-ortho nitro benzene ring substituents is 1. The predicted molar refractivity (Wildman–Crippen MR) is 78.1 cm³/mol. The predicted octanol–water partition coefficient (Wildman–Crippen LogP) is 3.24. The monoisotopic (exact) mass is 278 g/mol. The van der Waals surface area contributed by atoms with Crippen LogP contribution >= 0.6 is 0 Å². The third-order valence-electron chi connectivity index (χ3n) is 3.63. The van der Waals surface area contributed by atoms with Crippen molar-refractivity contribution in [3.05, 3.63) is 34.4 Å². The van der Waals surface area contributed by atoms with Crippen LogP contribution in [0.4, 0.5) is 5.69 Å². The Hall–Kier alpha value is -1.62. The zero-order chi connectivity index (χ0) is 14.2. The van der Waals surface area contributed by atoms with E-state index in [4.69, 9.17) is 4.74 Å². The highest BCUT2D eigenvalue weighted by atomic mass is 16.6. The first-order valence-corrected chi connectivity index (χ1v) is 7.35. The molecule has 1 aromatic carbocycles. The van der Waals surface area contributed by atoms with Crippen molar-refractivity contribution in [1.29, 1.82) is 0 Å². The van der Waals surface area contributed by atoms with Gasteiger partial charge in [-0.2, -0.15) is 0 Å². The summed E-state index contributed by atoms with van der Waals surface area (Å²) < 4.78 is 5.59. The van der Waals surface area contributed by atoms with E-state index in [-0.39, 0.29) is 5.69 Å². The third-order valence-corrected chi connectivity index (χ3v) is 3.63. The number of benzene rings is 1. The summed E-state index contributed by atoms with van der Waals surface area (Å²) in [4.78, 5) is 12.6. The van der Waals surface area contributed by atoms with Crippen molar-refractivity contribution in [2.75, 3.05) is 26.2 Å². The second-order valence-corrected chi connectivity index (χ2v) is 5.21. The molecule has 0 saturated carbocycles. The molecule has 1 fully saturated rings. The fourth-order valence-electron chi connectivity index (χ4n) is 2.47. The molecule has 1 aliphatic rings. The Morgan fingerprint density at radius 1 is 1.10 bits per heavy atom. The van der Waals surface area contributed by atoms with E-state index in [1.54, 1.807) is 12.1 Å². The highest BCUT2D eigenvalue weighted by Gasteiger charge is 2.09. The Bertz CT molecular complexity index is 414. The van der Waals surface area contributed by atoms with Crippen LogP contribution in [-0.2, 0) is 0 Å². The maximum Gasteiger partial charge on any atom is 0.269 e. The largest absolute Gasteiger partial charge is 0.494 e. The molecule has 1 saturated heterocycles. The van der Waals surface area contributed by atoms with Crippen LogP contribution in [0.5, 0.6) is 5.75 Å². The minimum Gasteiger partial charge on any atom is -0.494 e. The first kappa shape index (κ1) is 14.8. The van der Waals surface area contributed by atoms with Gasteiger partial charge >= 0.3 is 0 Å². The van der Waals surface area contributed by atoms with Gasteiger partial charge in [0, 0.05) is 12.1 Å². The van der Waals surface area contributed by atoms with Crippen molar-refractivity contribution in [3.63, 3.8) is 0 Å². The summed E-state index contributed by atoms with van der Waals surface area (Å²) >= 11 is 0. The number of hydrogen-bond donors (Lipinski definition) is 0. The fraction of sp³-hybridized carbons (Fsp3) is 0.600. The molecule has 1 aliphatic heterocycles. The number of hydrogen-bond acceptors (Lipinski definition) is 4. The van der Waals surface area contributed by atoms with Crippen molar-refractivity contribution in [3.8, 4) is 5.75 Å². The summed E-state index contributed by atoms with van der Waals surface area (Å²) in [6.07, 6.45) is 6.21. The van der Waals surface area contributed by atoms with Crippen LogP contribution in [0.15, 0.2) is 24.3 Å². The van der Waals surface area contributed by atoms with Gasteiger partial charge in [-0.1, -0.05) is 6.42 Å². The lowest BCUT2D eigenvalue weighted by Gasteiger charge is -2.26. The number of piperidine rings is 1. The van der Waals surface area contributed by atoms with Crippen LogP contribution in [0.3, 0.4) is 0 Å². The Kier molecular flexibility index (Phi) is 5.80. The molecule has 20 heavy (non-hydrogen) atoms. The summed E-state index contributed by atoms with van der Waals surface area (Å²) in [5, 5.41) is 10.5. The highest BCUT2D eigenvalue weighted by Crippen LogP contribution is 2.17. The molecule has 5 nitrogen and oxygen atoms in total. The molecule has 0 spiro atoms. The molecule has 110 valence electrons. The van der Waals surface area contributed by atoms with Crippen molar-refractivity contribution < 1.29 is 9.66 Å². The smallest absolute Gasteiger partial charge is 0.269 e. The summed E-state index contributed by atoms with van der Waals surface area (Å²) in [6, 6.07) is 6.26. The quantitative estimate of drug-likeness (QED) is 0.436. The number of ether oxygens (including phenoxy) is 1. The first-order chi connectivity index (χ1) is 9.75. The van der Waals surface area contributed by atoms with Gasteiger partial charge in [0.25, 0.3) is 5.69 Å². The molecule has 2 rings (SSSR count). The van der Waals surface area contributed by atoms with E-state index in [1.165, 1.54) is 44.5 Å². The lowest BCUT2D eigenvalue weighted by Crippen LogP contribution is -2.30. The van der Waals surface area contributed by atoms with E-state index in [1.807, 2.05) is 0 Å². The van der Waals surface area contributed by atoms with Crippen molar-refractivity contribution in [2.45, 2.75) is 32.1 Å². The summed E-state index contributed by atoms with van der Waals surface area (Å²) in [5.41, 5.74) is 0.0995. The molecule has 0 amide bonds. The van der Waals surface area contributed by atoms with E-state index in [2.05, 4.69) is 4.90 Å². The van der Waals surface area contributed by atoms with Gasteiger partial charge in [-0.3, -0.25) is 10.1 Å². The molecule has 1 aromatic rings. The van der Waals surface area contributed by atoms with Gasteiger partial charge in [-0.15, -0.1) is 0 Å².